The van der Waals surface area contributed by atoms with Crippen LogP contribution in [0.2, 0.25) is 0 Å². The highest BCUT2D eigenvalue weighted by Gasteiger charge is 1.92. The third-order valence-electron chi connectivity index (χ3n) is 1.57. The second kappa shape index (κ2) is 4.30. The van der Waals surface area contributed by atoms with Crippen LogP contribution in [-0.4, -0.2) is 6.04 Å². The van der Waals surface area contributed by atoms with Gasteiger partial charge < -0.3 is 5.73 Å². The van der Waals surface area contributed by atoms with Crippen LogP contribution in [0.25, 0.3) is 0 Å². The summed E-state index contributed by atoms with van der Waals surface area (Å²) < 4.78 is 0. The Morgan fingerprint density at radius 2 is 2.42 bits per heavy atom. The highest BCUT2D eigenvalue weighted by atomic mass is 32.1. The molecule has 1 heterocycles. The molecule has 2 N–H and O–H groups in total. The molecule has 1 atom stereocenters. The zero-order chi connectivity index (χ0) is 8.97. The van der Waals surface area contributed by atoms with E-state index in [4.69, 9.17) is 5.73 Å². The van der Waals surface area contributed by atoms with Gasteiger partial charge in [0.15, 0.2) is 0 Å². The molecule has 0 radical (unpaired) electrons. The summed E-state index contributed by atoms with van der Waals surface area (Å²) in [6.07, 6.45) is 0.913. The Morgan fingerprint density at radius 3 is 2.92 bits per heavy atom. The van der Waals surface area contributed by atoms with Gasteiger partial charge in [0.05, 0.1) is 6.04 Å². The summed E-state index contributed by atoms with van der Waals surface area (Å²) in [4.78, 5) is 1.30. The summed E-state index contributed by atoms with van der Waals surface area (Å²) in [7, 11) is 0. The minimum Gasteiger partial charge on any atom is -0.318 e. The smallest absolute Gasteiger partial charge is 0.0665 e. The van der Waals surface area contributed by atoms with Crippen molar-refractivity contribution in [2.75, 3.05) is 0 Å². The molecule has 0 saturated heterocycles. The maximum absolute atomic E-state index is 5.66. The normalized spacial score (nSPS) is 11.9. The number of thiophene rings is 1. The average molecular weight is 179 g/mol. The van der Waals surface area contributed by atoms with Crippen molar-refractivity contribution < 1.29 is 0 Å². The van der Waals surface area contributed by atoms with Crippen LogP contribution in [0.5, 0.6) is 0 Å². The van der Waals surface area contributed by atoms with Gasteiger partial charge in [-0.05, 0) is 19.4 Å². The Balaban J connectivity index is 2.66. The van der Waals surface area contributed by atoms with Gasteiger partial charge in [-0.25, -0.2) is 0 Å². The predicted molar refractivity (Wildman–Crippen MR) is 54.2 cm³/mol. The van der Waals surface area contributed by atoms with Crippen LogP contribution in [0.3, 0.4) is 0 Å². The molecular weight excluding hydrogens is 166 g/mol. The molecule has 0 aliphatic carbocycles. The van der Waals surface area contributed by atoms with Gasteiger partial charge in [0.2, 0.25) is 0 Å². The Labute approximate surface area is 77.6 Å². The third-order valence-corrected chi connectivity index (χ3v) is 2.43. The third kappa shape index (κ3) is 2.69. The Bertz CT molecular complexity index is 303. The van der Waals surface area contributed by atoms with E-state index < -0.39 is 0 Å². The first kappa shape index (κ1) is 9.31. The van der Waals surface area contributed by atoms with E-state index in [9.17, 15) is 0 Å². The molecule has 1 unspecified atom stereocenters. The summed E-state index contributed by atoms with van der Waals surface area (Å²) in [5, 5.41) is 2.06. The molecule has 1 nitrogen and oxygen atoms in total. The van der Waals surface area contributed by atoms with Crippen LogP contribution < -0.4 is 5.73 Å². The van der Waals surface area contributed by atoms with Gasteiger partial charge >= 0.3 is 0 Å². The topological polar surface area (TPSA) is 26.0 Å². The van der Waals surface area contributed by atoms with Crippen molar-refractivity contribution in [3.63, 3.8) is 0 Å². The zero-order valence-electron chi connectivity index (χ0n) is 7.42. The number of rotatable bonds is 1. The van der Waals surface area contributed by atoms with E-state index >= 15 is 0 Å². The van der Waals surface area contributed by atoms with E-state index in [-0.39, 0.29) is 6.04 Å². The van der Waals surface area contributed by atoms with E-state index in [1.165, 1.54) is 4.88 Å². The first-order valence-corrected chi connectivity index (χ1v) is 4.92. The van der Waals surface area contributed by atoms with E-state index in [0.717, 1.165) is 12.0 Å². The molecule has 1 rings (SSSR count). The number of nitrogens with two attached hydrogens (primary N) is 1. The minimum absolute atomic E-state index is 0.0187. The lowest BCUT2D eigenvalue weighted by molar-refractivity contribution is 0.806. The first-order valence-electron chi connectivity index (χ1n) is 4.04. The molecule has 64 valence electrons. The van der Waals surface area contributed by atoms with Crippen LogP contribution >= 0.6 is 11.3 Å². The lowest BCUT2D eigenvalue weighted by Gasteiger charge is -1.93. The lowest BCUT2D eigenvalue weighted by Crippen LogP contribution is -2.15. The molecule has 0 aromatic carbocycles. The summed E-state index contributed by atoms with van der Waals surface area (Å²) >= 11 is 1.72. The van der Waals surface area contributed by atoms with Crippen molar-refractivity contribution >= 4 is 11.3 Å². The SMILES string of the molecule is CCC(N)C#Cc1csc(C)c1. The second-order valence-electron chi connectivity index (χ2n) is 2.73. The fraction of sp³-hybridized carbons (Fsp3) is 0.400. The predicted octanol–water partition coefficient (Wildman–Crippen LogP) is 2.15. The highest BCUT2D eigenvalue weighted by Crippen LogP contribution is 2.11. The fourth-order valence-corrected chi connectivity index (χ4v) is 1.42. The maximum Gasteiger partial charge on any atom is 0.0665 e. The van der Waals surface area contributed by atoms with Crippen LogP contribution in [-0.2, 0) is 0 Å². The van der Waals surface area contributed by atoms with E-state index in [2.05, 4.69) is 30.2 Å². The monoisotopic (exact) mass is 179 g/mol. The minimum atomic E-state index is 0.0187. The van der Waals surface area contributed by atoms with Gasteiger partial charge in [0.25, 0.3) is 0 Å². The van der Waals surface area contributed by atoms with E-state index in [0.29, 0.717) is 0 Å². The molecule has 2 heteroatoms. The van der Waals surface area contributed by atoms with Gasteiger partial charge in [-0.3, -0.25) is 0 Å². The maximum atomic E-state index is 5.66. The Morgan fingerprint density at radius 1 is 1.67 bits per heavy atom. The molecule has 1 aromatic rings. The highest BCUT2D eigenvalue weighted by molar-refractivity contribution is 7.10. The van der Waals surface area contributed by atoms with Crippen LogP contribution in [0.4, 0.5) is 0 Å². The molecule has 0 fully saturated rings. The Hall–Kier alpha value is -0.780. The molecule has 0 spiro atoms. The number of aryl methyl sites for hydroxylation is 1. The van der Waals surface area contributed by atoms with Gasteiger partial charge in [-0.1, -0.05) is 18.8 Å². The largest absolute Gasteiger partial charge is 0.318 e. The van der Waals surface area contributed by atoms with Crippen molar-refractivity contribution in [1.82, 2.24) is 0 Å². The van der Waals surface area contributed by atoms with E-state index in [1.807, 2.05) is 6.92 Å². The fourth-order valence-electron chi connectivity index (χ4n) is 0.787. The molecule has 0 aliphatic heterocycles. The van der Waals surface area contributed by atoms with Crippen molar-refractivity contribution in [3.05, 3.63) is 21.9 Å². The van der Waals surface area contributed by atoms with Crippen LogP contribution in [0, 0.1) is 18.8 Å². The summed E-state index contributed by atoms with van der Waals surface area (Å²) in [6, 6.07) is 2.10. The molecule has 0 aliphatic rings. The standard InChI is InChI=1S/C10H13NS/c1-3-10(11)5-4-9-6-8(2)12-7-9/h6-7,10H,3,11H2,1-2H3. The van der Waals surface area contributed by atoms with E-state index in [1.54, 1.807) is 11.3 Å². The van der Waals surface area contributed by atoms with Crippen molar-refractivity contribution in [2.24, 2.45) is 5.73 Å². The second-order valence-corrected chi connectivity index (χ2v) is 3.85. The van der Waals surface area contributed by atoms with Gasteiger partial charge in [-0.15, -0.1) is 11.3 Å². The molecule has 1 aromatic heterocycles. The average Bonchev–Trinajstić information content (AvgIpc) is 2.47. The van der Waals surface area contributed by atoms with Crippen molar-refractivity contribution in [2.45, 2.75) is 26.3 Å². The summed E-state index contributed by atoms with van der Waals surface area (Å²) in [6.45, 7) is 4.12. The Kier molecular flexibility index (Phi) is 3.33. The molecule has 12 heavy (non-hydrogen) atoms. The zero-order valence-corrected chi connectivity index (χ0v) is 8.24. The van der Waals surface area contributed by atoms with Crippen LogP contribution in [0.15, 0.2) is 11.4 Å². The van der Waals surface area contributed by atoms with Crippen LogP contribution in [0.1, 0.15) is 23.8 Å². The molecule has 0 saturated carbocycles. The van der Waals surface area contributed by atoms with Crippen molar-refractivity contribution in [3.8, 4) is 11.8 Å². The molecule has 0 bridgehead atoms. The van der Waals surface area contributed by atoms with Gasteiger partial charge in [0.1, 0.15) is 0 Å². The summed E-state index contributed by atoms with van der Waals surface area (Å²) in [5.41, 5.74) is 6.74. The first-order chi connectivity index (χ1) is 5.72. The van der Waals surface area contributed by atoms with Gasteiger partial charge in [-0.2, -0.15) is 0 Å². The number of hydrogen-bond donors (Lipinski definition) is 1. The quantitative estimate of drug-likeness (QED) is 0.657. The molecular formula is C10H13NS. The molecule has 0 amide bonds. The summed E-state index contributed by atoms with van der Waals surface area (Å²) in [5.74, 6) is 6.05. The van der Waals surface area contributed by atoms with Gasteiger partial charge in [0, 0.05) is 15.8 Å². The number of hydrogen-bond acceptors (Lipinski definition) is 2. The van der Waals surface area contributed by atoms with Crippen molar-refractivity contribution in [1.29, 1.82) is 0 Å². The lowest BCUT2D eigenvalue weighted by atomic mass is 10.2.